The average Bonchev–Trinajstić information content (AvgIpc) is 3.26. The zero-order valence-corrected chi connectivity index (χ0v) is 18.5. The van der Waals surface area contributed by atoms with E-state index in [-0.39, 0.29) is 0 Å². The zero-order valence-electron chi connectivity index (χ0n) is 18.5. The average molecular weight is 445 g/mol. The van der Waals surface area contributed by atoms with Gasteiger partial charge in [0.05, 0.1) is 36.5 Å². The van der Waals surface area contributed by atoms with Crippen molar-refractivity contribution in [2.24, 2.45) is 0 Å². The smallest absolute Gasteiger partial charge is 0.338 e. The summed E-state index contributed by atoms with van der Waals surface area (Å²) in [5.74, 6) is 0.614. The van der Waals surface area contributed by atoms with Gasteiger partial charge >= 0.3 is 5.97 Å². The highest BCUT2D eigenvalue weighted by molar-refractivity contribution is 5.98. The number of amides is 1. The number of nitrogens with one attached hydrogen (secondary N) is 2. The fourth-order valence-electron chi connectivity index (χ4n) is 3.30. The Morgan fingerprint density at radius 1 is 0.970 bits per heavy atom. The molecular formula is C25H23N3O5. The maximum atomic E-state index is 12.5. The summed E-state index contributed by atoms with van der Waals surface area (Å²) in [6, 6.07) is 18.0. The molecule has 0 radical (unpaired) electrons. The van der Waals surface area contributed by atoms with Crippen LogP contribution in [0.25, 0.3) is 22.4 Å². The number of methoxy groups -OCH3 is 2. The number of carbonyl (C=O) groups excluding carboxylic acids is 2. The van der Waals surface area contributed by atoms with Gasteiger partial charge in [0.25, 0.3) is 5.91 Å². The summed E-state index contributed by atoms with van der Waals surface area (Å²) in [6.07, 6.45) is 0. The van der Waals surface area contributed by atoms with E-state index in [1.54, 1.807) is 36.4 Å². The first-order valence-electron chi connectivity index (χ1n) is 10.2. The molecule has 4 aromatic rings. The van der Waals surface area contributed by atoms with Gasteiger partial charge in [-0.1, -0.05) is 29.8 Å². The largest absolute Gasteiger partial charge is 0.497 e. The van der Waals surface area contributed by atoms with Crippen LogP contribution >= 0.6 is 0 Å². The minimum absolute atomic E-state index is 0.313. The van der Waals surface area contributed by atoms with Crippen LogP contribution in [-0.2, 0) is 9.53 Å². The second kappa shape index (κ2) is 9.44. The Morgan fingerprint density at radius 2 is 1.76 bits per heavy atom. The van der Waals surface area contributed by atoms with Gasteiger partial charge in [-0.15, -0.1) is 0 Å². The van der Waals surface area contributed by atoms with Crippen LogP contribution in [-0.4, -0.2) is 42.7 Å². The maximum absolute atomic E-state index is 12.5. The molecule has 0 aliphatic heterocycles. The summed E-state index contributed by atoms with van der Waals surface area (Å²) < 4.78 is 15.6. The quantitative estimate of drug-likeness (QED) is 0.410. The number of H-pyrrole nitrogens is 1. The normalized spacial score (nSPS) is 10.6. The maximum Gasteiger partial charge on any atom is 0.338 e. The molecule has 168 valence electrons. The number of aromatic nitrogens is 2. The van der Waals surface area contributed by atoms with E-state index >= 15 is 0 Å². The Bertz CT molecular complexity index is 1310. The SMILES string of the molecule is COc1ccc(OC)c(NC(=O)COC(=O)c2ccc3nc(-c4ccc(C)cc4)[nH]c3c2)c1. The third-order valence-electron chi connectivity index (χ3n) is 5.06. The van der Waals surface area contributed by atoms with Crippen molar-refractivity contribution in [1.29, 1.82) is 0 Å². The van der Waals surface area contributed by atoms with Crippen LogP contribution in [0.1, 0.15) is 15.9 Å². The van der Waals surface area contributed by atoms with E-state index in [0.29, 0.717) is 34.1 Å². The number of hydrogen-bond acceptors (Lipinski definition) is 6. The first-order chi connectivity index (χ1) is 16.0. The minimum Gasteiger partial charge on any atom is -0.497 e. The molecule has 0 aliphatic carbocycles. The lowest BCUT2D eigenvalue weighted by molar-refractivity contribution is -0.119. The summed E-state index contributed by atoms with van der Waals surface area (Å²) in [5.41, 5.74) is 4.27. The predicted octanol–water partition coefficient (Wildman–Crippen LogP) is 4.35. The van der Waals surface area contributed by atoms with Gasteiger partial charge in [0, 0.05) is 11.6 Å². The Labute approximate surface area is 190 Å². The number of carbonyl (C=O) groups is 2. The van der Waals surface area contributed by atoms with E-state index in [2.05, 4.69) is 15.3 Å². The van der Waals surface area contributed by atoms with Crippen molar-refractivity contribution >= 4 is 28.6 Å². The van der Waals surface area contributed by atoms with Crippen molar-refractivity contribution in [3.63, 3.8) is 0 Å². The first-order valence-corrected chi connectivity index (χ1v) is 10.2. The third-order valence-corrected chi connectivity index (χ3v) is 5.06. The second-order valence-corrected chi connectivity index (χ2v) is 7.37. The van der Waals surface area contributed by atoms with E-state index in [4.69, 9.17) is 14.2 Å². The molecule has 0 fully saturated rings. The number of nitrogens with zero attached hydrogens (tertiary/aromatic N) is 1. The van der Waals surface area contributed by atoms with Crippen LogP contribution in [0.2, 0.25) is 0 Å². The minimum atomic E-state index is -0.615. The van der Waals surface area contributed by atoms with Crippen molar-refractivity contribution in [1.82, 2.24) is 9.97 Å². The molecule has 0 spiro atoms. The van der Waals surface area contributed by atoms with E-state index in [9.17, 15) is 9.59 Å². The molecular weight excluding hydrogens is 422 g/mol. The van der Waals surface area contributed by atoms with Crippen LogP contribution in [0, 0.1) is 6.92 Å². The molecule has 0 bridgehead atoms. The predicted molar refractivity (Wildman–Crippen MR) is 125 cm³/mol. The summed E-state index contributed by atoms with van der Waals surface area (Å²) in [5, 5.41) is 2.66. The summed E-state index contributed by atoms with van der Waals surface area (Å²) in [6.45, 7) is 1.57. The number of imidazole rings is 1. The van der Waals surface area contributed by atoms with E-state index in [0.717, 1.165) is 16.6 Å². The molecule has 3 aromatic carbocycles. The van der Waals surface area contributed by atoms with Crippen molar-refractivity contribution in [2.75, 3.05) is 26.1 Å². The van der Waals surface area contributed by atoms with Crippen LogP contribution in [0.4, 0.5) is 5.69 Å². The van der Waals surface area contributed by atoms with Gasteiger partial charge in [0.2, 0.25) is 0 Å². The van der Waals surface area contributed by atoms with E-state index in [1.165, 1.54) is 14.2 Å². The van der Waals surface area contributed by atoms with Crippen LogP contribution in [0.15, 0.2) is 60.7 Å². The Morgan fingerprint density at radius 3 is 2.48 bits per heavy atom. The molecule has 0 saturated heterocycles. The molecule has 0 aliphatic rings. The lowest BCUT2D eigenvalue weighted by Crippen LogP contribution is -2.21. The van der Waals surface area contributed by atoms with Gasteiger partial charge in [-0.25, -0.2) is 9.78 Å². The third kappa shape index (κ3) is 4.95. The molecule has 1 amide bonds. The summed E-state index contributed by atoms with van der Waals surface area (Å²) >= 11 is 0. The highest BCUT2D eigenvalue weighted by Gasteiger charge is 2.14. The van der Waals surface area contributed by atoms with Gasteiger partial charge in [-0.05, 0) is 37.3 Å². The Balaban J connectivity index is 1.42. The second-order valence-electron chi connectivity index (χ2n) is 7.37. The number of esters is 1. The molecule has 0 atom stereocenters. The highest BCUT2D eigenvalue weighted by atomic mass is 16.5. The van der Waals surface area contributed by atoms with Crippen LogP contribution in [0.5, 0.6) is 11.5 Å². The highest BCUT2D eigenvalue weighted by Crippen LogP contribution is 2.29. The van der Waals surface area contributed by atoms with Gasteiger partial charge in [-0.2, -0.15) is 0 Å². The van der Waals surface area contributed by atoms with Crippen molar-refractivity contribution in [2.45, 2.75) is 6.92 Å². The topological polar surface area (TPSA) is 103 Å². The van der Waals surface area contributed by atoms with Crippen LogP contribution in [0.3, 0.4) is 0 Å². The monoisotopic (exact) mass is 445 g/mol. The number of rotatable bonds is 7. The standard InChI is InChI=1S/C25H23N3O5/c1-15-4-6-16(7-5-15)24-27-19-10-8-17(12-20(19)28-24)25(30)33-14-23(29)26-21-13-18(31-2)9-11-22(21)32-3/h4-13H,14H2,1-3H3,(H,26,29)(H,27,28). The summed E-state index contributed by atoms with van der Waals surface area (Å²) in [4.78, 5) is 32.6. The number of fused-ring (bicyclic) bond motifs is 1. The van der Waals surface area contributed by atoms with Crippen molar-refractivity contribution in [3.8, 4) is 22.9 Å². The Kier molecular flexibility index (Phi) is 6.26. The molecule has 4 rings (SSSR count). The zero-order chi connectivity index (χ0) is 23.4. The summed E-state index contributed by atoms with van der Waals surface area (Å²) in [7, 11) is 3.02. The number of ether oxygens (including phenoxy) is 3. The number of aryl methyl sites for hydroxylation is 1. The molecule has 8 heteroatoms. The fraction of sp³-hybridized carbons (Fsp3) is 0.160. The van der Waals surface area contributed by atoms with E-state index in [1.807, 2.05) is 31.2 Å². The van der Waals surface area contributed by atoms with Crippen molar-refractivity contribution < 1.29 is 23.8 Å². The molecule has 1 aromatic heterocycles. The molecule has 0 saturated carbocycles. The molecule has 1 heterocycles. The number of aromatic amines is 1. The lowest BCUT2D eigenvalue weighted by atomic mass is 10.1. The van der Waals surface area contributed by atoms with Gasteiger partial charge in [-0.3, -0.25) is 4.79 Å². The molecule has 2 N–H and O–H groups in total. The van der Waals surface area contributed by atoms with Gasteiger partial charge < -0.3 is 24.5 Å². The van der Waals surface area contributed by atoms with Crippen molar-refractivity contribution in [3.05, 3.63) is 71.8 Å². The first kappa shape index (κ1) is 21.9. The van der Waals surface area contributed by atoms with Crippen LogP contribution < -0.4 is 14.8 Å². The number of benzene rings is 3. The molecule has 0 unspecified atom stereocenters. The van der Waals surface area contributed by atoms with Gasteiger partial charge in [0.1, 0.15) is 17.3 Å². The fourth-order valence-corrected chi connectivity index (χ4v) is 3.30. The van der Waals surface area contributed by atoms with Gasteiger partial charge in [0.15, 0.2) is 6.61 Å². The Hall–Kier alpha value is -4.33. The molecule has 33 heavy (non-hydrogen) atoms. The van der Waals surface area contributed by atoms with E-state index < -0.39 is 18.5 Å². The number of hydrogen-bond donors (Lipinski definition) is 2. The number of anilines is 1. The molecule has 8 nitrogen and oxygen atoms in total. The lowest BCUT2D eigenvalue weighted by Gasteiger charge is -2.12.